The number of anilines is 1. The van der Waals surface area contributed by atoms with Crippen molar-refractivity contribution in [2.75, 3.05) is 11.9 Å². The van der Waals surface area contributed by atoms with E-state index in [1.165, 1.54) is 18.2 Å². The summed E-state index contributed by atoms with van der Waals surface area (Å²) in [7, 11) is 0. The van der Waals surface area contributed by atoms with E-state index < -0.39 is 53.5 Å². The van der Waals surface area contributed by atoms with Crippen LogP contribution in [0.2, 0.25) is 0 Å². The summed E-state index contributed by atoms with van der Waals surface area (Å²) in [6.07, 6.45) is 2.64. The van der Waals surface area contributed by atoms with Gasteiger partial charge in [-0.3, -0.25) is 14.4 Å². The van der Waals surface area contributed by atoms with Gasteiger partial charge >= 0.3 is 11.9 Å². The molecule has 3 aliphatic carbocycles. The number of carbonyl (C=O) groups is 5. The summed E-state index contributed by atoms with van der Waals surface area (Å²) in [5.74, 6) is -5.32. The molecule has 348 valence electrons. The second kappa shape index (κ2) is 20.3. The minimum absolute atomic E-state index is 0.0122. The summed E-state index contributed by atoms with van der Waals surface area (Å²) in [6.45, 7) is 0.318. The molecule has 7 aromatic carbocycles. The van der Waals surface area contributed by atoms with E-state index in [-0.39, 0.29) is 42.4 Å². The molecule has 11 nitrogen and oxygen atoms in total. The number of hydrogen-bond donors (Lipinski definition) is 4. The monoisotopic (exact) mass is 926 g/mol. The van der Waals surface area contributed by atoms with Crippen LogP contribution >= 0.6 is 0 Å². The van der Waals surface area contributed by atoms with Gasteiger partial charge in [-0.2, -0.15) is 0 Å². The first-order valence-corrected chi connectivity index (χ1v) is 23.5. The fraction of sp³-hybridized carbons (Fsp3) is 0.169. The number of aromatic nitrogens is 1. The molecule has 0 fully saturated rings. The van der Waals surface area contributed by atoms with Crippen molar-refractivity contribution >= 4 is 46.3 Å². The number of nitrogens with one attached hydrogen (secondary N) is 4. The number of aromatic amines is 1. The molecule has 4 N–H and O–H groups in total. The van der Waals surface area contributed by atoms with Crippen molar-refractivity contribution in [1.29, 1.82) is 0 Å². The Morgan fingerprint density at radius 3 is 1.54 bits per heavy atom. The zero-order valence-electron chi connectivity index (χ0n) is 38.2. The van der Waals surface area contributed by atoms with Crippen LogP contribution in [0.15, 0.2) is 188 Å². The number of H-pyrrole nitrogens is 1. The van der Waals surface area contributed by atoms with Crippen molar-refractivity contribution in [3.63, 3.8) is 0 Å². The predicted molar refractivity (Wildman–Crippen MR) is 267 cm³/mol. The molecule has 0 saturated heterocycles. The first-order valence-electron chi connectivity index (χ1n) is 23.5. The van der Waals surface area contributed by atoms with Gasteiger partial charge in [0.25, 0.3) is 0 Å². The lowest BCUT2D eigenvalue weighted by molar-refractivity contribution is -0.138. The maximum Gasteiger partial charge on any atom is 0.338 e. The number of esters is 2. The van der Waals surface area contributed by atoms with Gasteiger partial charge in [0.05, 0.1) is 23.0 Å². The van der Waals surface area contributed by atoms with Crippen LogP contribution in [0.25, 0.3) is 10.9 Å². The summed E-state index contributed by atoms with van der Waals surface area (Å²) in [4.78, 5) is 75.6. The minimum Gasteiger partial charge on any atom is -0.457 e. The normalized spacial score (nSPS) is 16.8. The average molecular weight is 927 g/mol. The van der Waals surface area contributed by atoms with E-state index in [9.17, 15) is 19.2 Å². The van der Waals surface area contributed by atoms with Gasteiger partial charge < -0.3 is 30.4 Å². The van der Waals surface area contributed by atoms with Crippen molar-refractivity contribution in [1.82, 2.24) is 15.6 Å². The van der Waals surface area contributed by atoms with E-state index >= 15 is 4.79 Å². The summed E-state index contributed by atoms with van der Waals surface area (Å²) in [5.41, 5.74) is 8.50. The molecule has 70 heavy (non-hydrogen) atoms. The smallest absolute Gasteiger partial charge is 0.338 e. The first-order chi connectivity index (χ1) is 34.3. The molecule has 11 heteroatoms. The molecule has 3 atom stereocenters. The van der Waals surface area contributed by atoms with Gasteiger partial charge in [-0.15, -0.1) is 0 Å². The van der Waals surface area contributed by atoms with E-state index in [0.717, 1.165) is 55.4 Å². The molecule has 1 aromatic heterocycles. The number of carbonyl (C=O) groups excluding carboxylic acids is 5. The fourth-order valence-corrected chi connectivity index (χ4v) is 10.2. The molecule has 2 bridgehead atoms. The topological polar surface area (TPSA) is 156 Å². The number of fused-ring (bicyclic) bond motifs is 2. The van der Waals surface area contributed by atoms with Gasteiger partial charge in [0.15, 0.2) is 0 Å². The zero-order valence-corrected chi connectivity index (χ0v) is 38.2. The Morgan fingerprint density at radius 1 is 0.529 bits per heavy atom. The van der Waals surface area contributed by atoms with Gasteiger partial charge in [-0.1, -0.05) is 158 Å². The van der Waals surface area contributed by atoms with Crippen molar-refractivity contribution in [3.8, 4) is 0 Å². The number of benzene rings is 7. The molecule has 0 spiro atoms. The van der Waals surface area contributed by atoms with Crippen LogP contribution in [0.3, 0.4) is 0 Å². The van der Waals surface area contributed by atoms with Gasteiger partial charge in [0, 0.05) is 47.6 Å². The molecule has 0 saturated carbocycles. The third-order valence-electron chi connectivity index (χ3n) is 13.4. The van der Waals surface area contributed by atoms with Crippen LogP contribution in [0.5, 0.6) is 0 Å². The van der Waals surface area contributed by atoms with Gasteiger partial charge in [-0.25, -0.2) is 9.59 Å². The van der Waals surface area contributed by atoms with Crippen molar-refractivity contribution < 1.29 is 33.4 Å². The number of para-hydroxylation sites is 1. The van der Waals surface area contributed by atoms with Crippen molar-refractivity contribution in [3.05, 3.63) is 244 Å². The number of hydrogen-bond acceptors (Lipinski definition) is 7. The molecular formula is C59H50N4O7. The standard InChI is InChI=1S/C59H50N4O7/c64-55(62-43-32-41(58(67)69-35-38-18-6-2-7-19-38)31-42(33-43)59(68)70-36-39-20-8-3-9-21-39)50(30-37-16-4-1-5-17-37)63-57(66)54-52-47-25-12-10-23-45(47)51(46-24-11-13-26-48(46)52)53(54)56(65)60-29-28-40-34-61-49-27-15-14-22-44(40)49/h1-27,31-34,50-54,61H,28-30,35-36H2,(H,60,65)(H,62,64)(H,63,66)/t50-,51?,52?,53+,54-/m0/s1. The molecule has 0 radical (unpaired) electrons. The van der Waals surface area contributed by atoms with Crippen molar-refractivity contribution in [2.45, 2.75) is 43.9 Å². The molecular weight excluding hydrogens is 877 g/mol. The zero-order chi connectivity index (χ0) is 48.0. The highest BCUT2D eigenvalue weighted by Gasteiger charge is 2.55. The second-order valence-electron chi connectivity index (χ2n) is 17.8. The van der Waals surface area contributed by atoms with Gasteiger partial charge in [0.1, 0.15) is 19.3 Å². The highest BCUT2D eigenvalue weighted by Crippen LogP contribution is 2.58. The molecule has 3 aliphatic rings. The quantitative estimate of drug-likeness (QED) is 0.0704. The van der Waals surface area contributed by atoms with Crippen LogP contribution in [0, 0.1) is 11.8 Å². The minimum atomic E-state index is -1.16. The van der Waals surface area contributed by atoms with E-state index in [0.29, 0.717) is 13.0 Å². The van der Waals surface area contributed by atoms with Crippen LogP contribution < -0.4 is 16.0 Å². The maximum absolute atomic E-state index is 15.4. The van der Waals surface area contributed by atoms with Crippen LogP contribution in [0.1, 0.15) is 77.1 Å². The van der Waals surface area contributed by atoms with Gasteiger partial charge in [-0.05, 0) is 75.2 Å². The van der Waals surface area contributed by atoms with Crippen LogP contribution in [0.4, 0.5) is 5.69 Å². The summed E-state index contributed by atoms with van der Waals surface area (Å²) in [5, 5.41) is 10.3. The summed E-state index contributed by atoms with van der Waals surface area (Å²) in [6, 6.07) is 54.8. The van der Waals surface area contributed by atoms with E-state index in [4.69, 9.17) is 9.47 Å². The Balaban J connectivity index is 0.953. The SMILES string of the molecule is O=C(OCc1ccccc1)c1cc(NC(=O)[C@H](Cc2ccccc2)NC(=O)[C@H]2C3c4ccccc4C(c4ccccc43)[C@H]2C(=O)NCCc2c[nH]c3ccccc23)cc(C(=O)OCc2ccccc2)c1. The van der Waals surface area contributed by atoms with E-state index in [1.54, 1.807) is 0 Å². The Labute approximate surface area is 405 Å². The molecule has 0 aliphatic heterocycles. The highest BCUT2D eigenvalue weighted by atomic mass is 16.5. The van der Waals surface area contributed by atoms with Gasteiger partial charge in [0.2, 0.25) is 17.7 Å². The predicted octanol–water partition coefficient (Wildman–Crippen LogP) is 9.43. The van der Waals surface area contributed by atoms with E-state index in [1.807, 2.05) is 164 Å². The molecule has 1 heterocycles. The lowest BCUT2D eigenvalue weighted by atomic mass is 9.53. The molecule has 0 unspecified atom stereocenters. The van der Waals surface area contributed by atoms with E-state index in [2.05, 4.69) is 27.0 Å². The lowest BCUT2D eigenvalue weighted by Crippen LogP contribution is -2.56. The summed E-state index contributed by atoms with van der Waals surface area (Å²) < 4.78 is 11.3. The Morgan fingerprint density at radius 2 is 1.00 bits per heavy atom. The Kier molecular flexibility index (Phi) is 13.1. The molecule has 11 rings (SSSR count). The maximum atomic E-state index is 15.4. The van der Waals surface area contributed by atoms with Crippen LogP contribution in [-0.4, -0.2) is 47.2 Å². The largest absolute Gasteiger partial charge is 0.457 e. The van der Waals surface area contributed by atoms with Crippen LogP contribution in [-0.2, 0) is 49.9 Å². The third-order valence-corrected chi connectivity index (χ3v) is 13.4. The number of amides is 3. The Bertz CT molecular complexity index is 3090. The molecule has 3 amide bonds. The number of rotatable bonds is 16. The first kappa shape index (κ1) is 45.2. The lowest BCUT2D eigenvalue weighted by Gasteiger charge is -2.49. The fourth-order valence-electron chi connectivity index (χ4n) is 10.2. The second-order valence-corrected chi connectivity index (χ2v) is 17.8. The van der Waals surface area contributed by atoms with Crippen molar-refractivity contribution in [2.24, 2.45) is 11.8 Å². The molecule has 8 aromatic rings. The number of ether oxygens (including phenoxy) is 2. The Hall–Kier alpha value is -8.57. The summed E-state index contributed by atoms with van der Waals surface area (Å²) >= 11 is 0. The average Bonchev–Trinajstić information content (AvgIpc) is 3.82. The highest BCUT2D eigenvalue weighted by molar-refractivity contribution is 6.02. The third kappa shape index (κ3) is 9.59.